The van der Waals surface area contributed by atoms with Crippen LogP contribution < -0.4 is 5.32 Å². The molecule has 0 atom stereocenters. The molecule has 1 aliphatic carbocycles. The molecule has 3 aromatic heterocycles. The van der Waals surface area contributed by atoms with E-state index in [1.54, 1.807) is 16.9 Å². The molecule has 0 radical (unpaired) electrons. The Morgan fingerprint density at radius 1 is 1.26 bits per heavy atom. The highest BCUT2D eigenvalue weighted by Gasteiger charge is 2.14. The Bertz CT molecular complexity index is 760. The molecule has 1 fully saturated rings. The minimum atomic E-state index is 0.451. The highest BCUT2D eigenvalue weighted by molar-refractivity contribution is 5.59. The molecule has 0 unspecified atom stereocenters. The zero-order valence-corrected chi connectivity index (χ0v) is 12.9. The summed E-state index contributed by atoms with van der Waals surface area (Å²) in [5.74, 6) is 0.808. The van der Waals surface area contributed by atoms with Gasteiger partial charge >= 0.3 is 0 Å². The summed E-state index contributed by atoms with van der Waals surface area (Å²) in [6, 6.07) is 5.79. The second kappa shape index (κ2) is 6.37. The molecule has 2 N–H and O–H groups in total. The molecule has 4 rings (SSSR count). The maximum absolute atomic E-state index is 5.86. The maximum atomic E-state index is 5.86. The smallest absolute Gasteiger partial charge is 0.154 e. The van der Waals surface area contributed by atoms with Crippen LogP contribution in [0.25, 0.3) is 17.0 Å². The molecular formula is C16H20N6O. The monoisotopic (exact) mass is 312 g/mol. The van der Waals surface area contributed by atoms with E-state index in [0.717, 1.165) is 29.4 Å². The number of nitrogens with one attached hydrogen (secondary N) is 2. The van der Waals surface area contributed by atoms with Crippen LogP contribution in [-0.4, -0.2) is 44.1 Å². The van der Waals surface area contributed by atoms with Crippen molar-refractivity contribution in [2.45, 2.75) is 31.8 Å². The number of hydrogen-bond acceptors (Lipinski definition) is 5. The highest BCUT2D eigenvalue weighted by atomic mass is 16.5. The number of aromatic amines is 1. The van der Waals surface area contributed by atoms with Crippen molar-refractivity contribution in [3.05, 3.63) is 30.6 Å². The van der Waals surface area contributed by atoms with Crippen LogP contribution in [0.4, 0.5) is 5.82 Å². The zero-order chi connectivity index (χ0) is 15.5. The molecule has 1 saturated carbocycles. The summed E-state index contributed by atoms with van der Waals surface area (Å²) < 4.78 is 7.66. The van der Waals surface area contributed by atoms with Gasteiger partial charge in [-0.05, 0) is 31.0 Å². The third-order valence-corrected chi connectivity index (χ3v) is 4.19. The number of ether oxygens (including phenoxy) is 1. The molecule has 0 amide bonds. The fraction of sp³-hybridized carbons (Fsp3) is 0.438. The van der Waals surface area contributed by atoms with Crippen molar-refractivity contribution in [1.29, 1.82) is 0 Å². The summed E-state index contributed by atoms with van der Waals surface area (Å²) in [6.07, 6.45) is 9.02. The first-order chi connectivity index (χ1) is 11.4. The first kappa shape index (κ1) is 14.2. The van der Waals surface area contributed by atoms with Gasteiger partial charge in [-0.15, -0.1) is 5.10 Å². The fourth-order valence-electron chi connectivity index (χ4n) is 3.00. The van der Waals surface area contributed by atoms with E-state index in [1.165, 1.54) is 25.7 Å². The summed E-state index contributed by atoms with van der Waals surface area (Å²) in [6.45, 7) is 1.46. The quantitative estimate of drug-likeness (QED) is 0.684. The summed E-state index contributed by atoms with van der Waals surface area (Å²) in [5.41, 5.74) is 2.49. The highest BCUT2D eigenvalue weighted by Crippen LogP contribution is 2.21. The molecule has 7 heteroatoms. The topological polar surface area (TPSA) is 80.1 Å². The third kappa shape index (κ3) is 3.05. The van der Waals surface area contributed by atoms with Crippen LogP contribution in [0, 0.1) is 0 Å². The van der Waals surface area contributed by atoms with Crippen LogP contribution in [0.15, 0.2) is 30.6 Å². The van der Waals surface area contributed by atoms with Gasteiger partial charge in [0.2, 0.25) is 0 Å². The van der Waals surface area contributed by atoms with Crippen molar-refractivity contribution in [2.75, 3.05) is 18.5 Å². The van der Waals surface area contributed by atoms with Crippen molar-refractivity contribution < 1.29 is 4.74 Å². The van der Waals surface area contributed by atoms with Crippen molar-refractivity contribution in [2.24, 2.45) is 0 Å². The van der Waals surface area contributed by atoms with Gasteiger partial charge in [-0.25, -0.2) is 9.50 Å². The normalized spacial score (nSPS) is 15.5. The summed E-state index contributed by atoms with van der Waals surface area (Å²) >= 11 is 0. The van der Waals surface area contributed by atoms with Gasteiger partial charge in [0.15, 0.2) is 5.65 Å². The predicted octanol–water partition coefficient (Wildman–Crippen LogP) is 2.49. The Labute approximate surface area is 134 Å². The van der Waals surface area contributed by atoms with E-state index in [-0.39, 0.29) is 0 Å². The third-order valence-electron chi connectivity index (χ3n) is 4.19. The molecule has 120 valence electrons. The van der Waals surface area contributed by atoms with E-state index >= 15 is 0 Å². The molecule has 3 aromatic rings. The van der Waals surface area contributed by atoms with Crippen LogP contribution in [0.1, 0.15) is 25.7 Å². The molecule has 0 saturated heterocycles. The number of hydrogen-bond donors (Lipinski definition) is 2. The summed E-state index contributed by atoms with van der Waals surface area (Å²) in [7, 11) is 0. The Kier molecular flexibility index (Phi) is 3.94. The average molecular weight is 312 g/mol. The number of aromatic nitrogens is 5. The lowest BCUT2D eigenvalue weighted by Crippen LogP contribution is -2.16. The number of H-pyrrole nitrogens is 1. The Hall–Kier alpha value is -2.41. The standard InChI is InChI=1S/C16H20N6O/c1-2-4-12(3-1)23-10-9-17-15-5-6-16-18-11-14(22(16)21-15)13-7-8-19-20-13/h5-8,11-12H,1-4,9-10H2,(H,17,21)(H,19,20). The second-order valence-corrected chi connectivity index (χ2v) is 5.80. The van der Waals surface area contributed by atoms with Crippen LogP contribution in [0.2, 0.25) is 0 Å². The Morgan fingerprint density at radius 3 is 3.00 bits per heavy atom. The van der Waals surface area contributed by atoms with E-state index in [1.807, 2.05) is 18.2 Å². The van der Waals surface area contributed by atoms with Gasteiger partial charge in [0, 0.05) is 12.7 Å². The van der Waals surface area contributed by atoms with Crippen molar-refractivity contribution >= 4 is 11.5 Å². The van der Waals surface area contributed by atoms with Crippen LogP contribution in [-0.2, 0) is 4.74 Å². The molecule has 3 heterocycles. The number of anilines is 1. The SMILES string of the molecule is c1cc(-c2cnc3ccc(NCCOC4CCCC4)nn23)n[nH]1. The number of imidazole rings is 1. The summed E-state index contributed by atoms with van der Waals surface area (Å²) in [4.78, 5) is 4.36. The lowest BCUT2D eigenvalue weighted by molar-refractivity contribution is 0.0658. The molecule has 23 heavy (non-hydrogen) atoms. The minimum Gasteiger partial charge on any atom is -0.376 e. The molecule has 0 bridgehead atoms. The van der Waals surface area contributed by atoms with Crippen LogP contribution in [0.5, 0.6) is 0 Å². The Balaban J connectivity index is 1.42. The van der Waals surface area contributed by atoms with Gasteiger partial charge < -0.3 is 10.1 Å². The van der Waals surface area contributed by atoms with Gasteiger partial charge in [-0.1, -0.05) is 12.8 Å². The minimum absolute atomic E-state index is 0.451. The van der Waals surface area contributed by atoms with Gasteiger partial charge in [0.1, 0.15) is 17.2 Å². The molecule has 1 aliphatic rings. The van der Waals surface area contributed by atoms with Gasteiger partial charge in [0.25, 0.3) is 0 Å². The number of nitrogens with zero attached hydrogens (tertiary/aromatic N) is 4. The van der Waals surface area contributed by atoms with Gasteiger partial charge in [-0.2, -0.15) is 5.10 Å². The van der Waals surface area contributed by atoms with Gasteiger partial charge in [0.05, 0.1) is 18.9 Å². The molecular weight excluding hydrogens is 292 g/mol. The largest absolute Gasteiger partial charge is 0.376 e. The van der Waals surface area contributed by atoms with Crippen LogP contribution in [0.3, 0.4) is 0 Å². The van der Waals surface area contributed by atoms with Crippen LogP contribution >= 0.6 is 0 Å². The molecule has 0 aliphatic heterocycles. The van der Waals surface area contributed by atoms with Crippen molar-refractivity contribution in [1.82, 2.24) is 24.8 Å². The van der Waals surface area contributed by atoms with E-state index in [4.69, 9.17) is 4.74 Å². The average Bonchev–Trinajstić information content (AvgIpc) is 3.31. The first-order valence-electron chi connectivity index (χ1n) is 8.10. The predicted molar refractivity (Wildman–Crippen MR) is 87.3 cm³/mol. The number of fused-ring (bicyclic) bond motifs is 1. The van der Waals surface area contributed by atoms with E-state index in [9.17, 15) is 0 Å². The van der Waals surface area contributed by atoms with Crippen molar-refractivity contribution in [3.8, 4) is 11.4 Å². The van der Waals surface area contributed by atoms with E-state index in [0.29, 0.717) is 12.7 Å². The Morgan fingerprint density at radius 2 is 2.17 bits per heavy atom. The fourth-order valence-corrected chi connectivity index (χ4v) is 3.00. The zero-order valence-electron chi connectivity index (χ0n) is 12.9. The molecule has 0 aromatic carbocycles. The lowest BCUT2D eigenvalue weighted by Gasteiger charge is -2.11. The summed E-state index contributed by atoms with van der Waals surface area (Å²) in [5, 5.41) is 14.9. The van der Waals surface area contributed by atoms with E-state index < -0.39 is 0 Å². The van der Waals surface area contributed by atoms with E-state index in [2.05, 4.69) is 25.6 Å². The maximum Gasteiger partial charge on any atom is 0.154 e. The molecule has 0 spiro atoms. The lowest BCUT2D eigenvalue weighted by atomic mass is 10.3. The number of rotatable bonds is 6. The van der Waals surface area contributed by atoms with Crippen molar-refractivity contribution in [3.63, 3.8) is 0 Å². The molecule has 7 nitrogen and oxygen atoms in total. The van der Waals surface area contributed by atoms with Gasteiger partial charge in [-0.3, -0.25) is 5.10 Å². The second-order valence-electron chi connectivity index (χ2n) is 5.80. The first-order valence-corrected chi connectivity index (χ1v) is 8.10.